The fraction of sp³-hybridized carbons (Fsp3) is 0.318. The minimum atomic E-state index is -5.04. The van der Waals surface area contributed by atoms with Gasteiger partial charge in [0, 0.05) is 31.0 Å². The largest absolute Gasteiger partial charge is 0.413 e. The summed E-state index contributed by atoms with van der Waals surface area (Å²) in [5, 5.41) is 4.81. The summed E-state index contributed by atoms with van der Waals surface area (Å²) in [4.78, 5) is 25.9. The maximum atomic E-state index is 14.7. The SMILES string of the molecule is [C-]#[N+]c1ncn2c(N3CCS(=O)(=O)C(C)C3)c(C(NC(=O)c3c(N)nn4cccnc34)C(F)(F)F)cc(Cl)c12. The van der Waals surface area contributed by atoms with Crippen LogP contribution >= 0.6 is 11.6 Å². The molecular formula is C22H19ClF3N9O3S. The number of sulfone groups is 1. The number of nitrogens with one attached hydrogen (secondary N) is 1. The van der Waals surface area contributed by atoms with Crippen molar-refractivity contribution in [1.29, 1.82) is 0 Å². The molecule has 4 aromatic rings. The van der Waals surface area contributed by atoms with Gasteiger partial charge in [-0.15, -0.1) is 10.1 Å². The highest BCUT2D eigenvalue weighted by molar-refractivity contribution is 7.92. The highest BCUT2D eigenvalue weighted by Crippen LogP contribution is 2.42. The third-order valence-corrected chi connectivity index (χ3v) is 8.86. The highest BCUT2D eigenvalue weighted by atomic mass is 35.5. The molecular weight excluding hydrogens is 563 g/mol. The number of imidazole rings is 1. The van der Waals surface area contributed by atoms with Crippen molar-refractivity contribution in [2.75, 3.05) is 29.5 Å². The zero-order chi connectivity index (χ0) is 28.3. The van der Waals surface area contributed by atoms with Crippen molar-refractivity contribution < 1.29 is 26.4 Å². The Bertz CT molecular complexity index is 1780. The van der Waals surface area contributed by atoms with Gasteiger partial charge in [0.2, 0.25) is 0 Å². The molecule has 0 aliphatic carbocycles. The molecule has 39 heavy (non-hydrogen) atoms. The minimum absolute atomic E-state index is 0.0477. The molecule has 0 spiro atoms. The molecule has 5 rings (SSSR count). The number of pyridine rings is 1. The van der Waals surface area contributed by atoms with Crippen LogP contribution in [0.15, 0.2) is 30.9 Å². The van der Waals surface area contributed by atoms with Gasteiger partial charge in [0.05, 0.1) is 21.5 Å². The van der Waals surface area contributed by atoms with Crippen molar-refractivity contribution in [3.05, 3.63) is 58.4 Å². The van der Waals surface area contributed by atoms with Crippen LogP contribution in [0, 0.1) is 6.57 Å². The summed E-state index contributed by atoms with van der Waals surface area (Å²) in [7, 11) is -3.46. The lowest BCUT2D eigenvalue weighted by molar-refractivity contribution is -0.155. The molecule has 1 fully saturated rings. The molecule has 0 aromatic carbocycles. The molecule has 0 radical (unpaired) electrons. The number of nitrogens with two attached hydrogens (primary N) is 1. The van der Waals surface area contributed by atoms with Gasteiger partial charge in [-0.3, -0.25) is 9.20 Å². The predicted molar refractivity (Wildman–Crippen MR) is 136 cm³/mol. The smallest absolute Gasteiger partial charge is 0.381 e. The van der Waals surface area contributed by atoms with E-state index >= 15 is 0 Å². The summed E-state index contributed by atoms with van der Waals surface area (Å²) in [6.07, 6.45) is -1.13. The first-order valence-electron chi connectivity index (χ1n) is 11.3. The van der Waals surface area contributed by atoms with E-state index in [4.69, 9.17) is 23.9 Å². The van der Waals surface area contributed by atoms with Gasteiger partial charge in [0.25, 0.3) is 11.7 Å². The van der Waals surface area contributed by atoms with Gasteiger partial charge in [-0.05, 0) is 19.1 Å². The number of hydrogen-bond donors (Lipinski definition) is 2. The second-order valence-corrected chi connectivity index (χ2v) is 11.8. The number of hydrogen-bond acceptors (Lipinski definition) is 8. The molecule has 3 N–H and O–H groups in total. The first-order valence-corrected chi connectivity index (χ1v) is 13.4. The van der Waals surface area contributed by atoms with Crippen LogP contribution in [0.5, 0.6) is 0 Å². The number of halogens is 4. The zero-order valence-electron chi connectivity index (χ0n) is 20.0. The standard InChI is InChI=1S/C22H19ClF3N9O3S/c1-11-9-33(6-7-39(11,37)38)21-12(8-13(23)15-18(28-2)30-10-34(15)21)16(22(24,25)26)31-20(36)14-17(27)32-35-5-3-4-29-19(14)35/h3-5,8,10-11,16H,6-7,9H2,1H3,(H2,27,32)(H,31,36). The third-order valence-electron chi connectivity index (χ3n) is 6.45. The minimum Gasteiger partial charge on any atom is -0.381 e. The lowest BCUT2D eigenvalue weighted by Gasteiger charge is -2.36. The average Bonchev–Trinajstić information content (AvgIpc) is 3.44. The molecule has 1 saturated heterocycles. The van der Waals surface area contributed by atoms with Crippen LogP contribution in [0.1, 0.15) is 28.9 Å². The number of alkyl halides is 3. The number of anilines is 2. The van der Waals surface area contributed by atoms with Gasteiger partial charge in [-0.2, -0.15) is 13.2 Å². The number of rotatable bonds is 4. The Morgan fingerprint density at radius 2 is 2.10 bits per heavy atom. The number of amides is 1. The fourth-order valence-electron chi connectivity index (χ4n) is 4.57. The Morgan fingerprint density at radius 3 is 2.77 bits per heavy atom. The number of carbonyl (C=O) groups excluding carboxylic acids is 1. The number of carbonyl (C=O) groups is 1. The Balaban J connectivity index is 1.69. The van der Waals surface area contributed by atoms with Gasteiger partial charge < -0.3 is 20.8 Å². The van der Waals surface area contributed by atoms with E-state index in [1.54, 1.807) is 0 Å². The second-order valence-electron chi connectivity index (χ2n) is 8.89. The molecule has 0 bridgehead atoms. The Morgan fingerprint density at radius 1 is 1.36 bits per heavy atom. The van der Waals surface area contributed by atoms with E-state index in [9.17, 15) is 26.4 Å². The molecule has 5 heterocycles. The summed E-state index contributed by atoms with van der Waals surface area (Å²) in [6.45, 7) is 8.55. The van der Waals surface area contributed by atoms with Crippen molar-refractivity contribution in [1.82, 2.24) is 29.3 Å². The van der Waals surface area contributed by atoms with Crippen LogP contribution in [0.4, 0.5) is 30.6 Å². The van der Waals surface area contributed by atoms with E-state index < -0.39 is 38.8 Å². The molecule has 2 atom stereocenters. The third kappa shape index (κ3) is 4.46. The average molecular weight is 582 g/mol. The molecule has 4 aromatic heterocycles. The molecule has 2 unspecified atom stereocenters. The van der Waals surface area contributed by atoms with Crippen LogP contribution in [0.2, 0.25) is 5.02 Å². The Kier molecular flexibility index (Phi) is 6.30. The van der Waals surface area contributed by atoms with E-state index in [0.29, 0.717) is 0 Å². The summed E-state index contributed by atoms with van der Waals surface area (Å²) < 4.78 is 71.1. The van der Waals surface area contributed by atoms with Gasteiger partial charge in [-0.1, -0.05) is 18.2 Å². The van der Waals surface area contributed by atoms with E-state index in [2.05, 4.69) is 19.9 Å². The Hall–Kier alpha value is -4.10. The van der Waals surface area contributed by atoms with Crippen LogP contribution in [0.25, 0.3) is 16.0 Å². The first kappa shape index (κ1) is 26.5. The summed E-state index contributed by atoms with van der Waals surface area (Å²) in [6, 6.07) is -0.106. The maximum absolute atomic E-state index is 14.7. The molecule has 1 aliphatic heterocycles. The van der Waals surface area contributed by atoms with Crippen molar-refractivity contribution in [3.8, 4) is 0 Å². The number of nitrogens with zero attached hydrogens (tertiary/aromatic N) is 7. The van der Waals surface area contributed by atoms with Crippen molar-refractivity contribution >= 4 is 56.0 Å². The molecule has 204 valence electrons. The lowest BCUT2D eigenvalue weighted by atomic mass is 10.0. The lowest BCUT2D eigenvalue weighted by Crippen LogP contribution is -2.47. The first-order chi connectivity index (χ1) is 18.3. The van der Waals surface area contributed by atoms with Crippen LogP contribution in [0.3, 0.4) is 0 Å². The van der Waals surface area contributed by atoms with E-state index in [-0.39, 0.29) is 58.0 Å². The van der Waals surface area contributed by atoms with E-state index in [1.165, 1.54) is 34.7 Å². The van der Waals surface area contributed by atoms with E-state index in [1.807, 2.05) is 5.32 Å². The van der Waals surface area contributed by atoms with Crippen LogP contribution < -0.4 is 16.0 Å². The topological polar surface area (TPSA) is 144 Å². The molecule has 1 amide bonds. The molecule has 1 aliphatic rings. The fourth-order valence-corrected chi connectivity index (χ4v) is 6.14. The highest BCUT2D eigenvalue weighted by Gasteiger charge is 2.46. The quantitative estimate of drug-likeness (QED) is 0.350. The number of nitrogen functional groups attached to an aromatic ring is 1. The van der Waals surface area contributed by atoms with Crippen LogP contribution in [-0.2, 0) is 9.84 Å². The van der Waals surface area contributed by atoms with Crippen molar-refractivity contribution in [2.45, 2.75) is 24.4 Å². The van der Waals surface area contributed by atoms with E-state index in [0.717, 1.165) is 16.9 Å². The molecule has 12 nitrogen and oxygen atoms in total. The Labute approximate surface area is 223 Å². The normalized spacial score (nSPS) is 18.3. The molecule has 0 saturated carbocycles. The van der Waals surface area contributed by atoms with Gasteiger partial charge in [0.1, 0.15) is 11.4 Å². The second kappa shape index (κ2) is 9.27. The molecule has 17 heteroatoms. The zero-order valence-corrected chi connectivity index (χ0v) is 21.6. The monoisotopic (exact) mass is 581 g/mol. The summed E-state index contributed by atoms with van der Waals surface area (Å²) in [5.74, 6) is -2.08. The van der Waals surface area contributed by atoms with Gasteiger partial charge in [-0.25, -0.2) is 17.9 Å². The van der Waals surface area contributed by atoms with Gasteiger partial charge >= 0.3 is 6.18 Å². The summed E-state index contributed by atoms with van der Waals surface area (Å²) >= 11 is 6.36. The van der Waals surface area contributed by atoms with Crippen molar-refractivity contribution in [3.63, 3.8) is 0 Å². The number of fused-ring (bicyclic) bond motifs is 2. The maximum Gasteiger partial charge on any atom is 0.413 e. The van der Waals surface area contributed by atoms with Crippen molar-refractivity contribution in [2.24, 2.45) is 0 Å². The van der Waals surface area contributed by atoms with Gasteiger partial charge in [0.15, 0.2) is 33.7 Å². The number of aromatic nitrogens is 5. The summed E-state index contributed by atoms with van der Waals surface area (Å²) in [5.41, 5.74) is 5.02. The van der Waals surface area contributed by atoms with Crippen LogP contribution in [-0.4, -0.2) is 68.6 Å². The predicted octanol–water partition coefficient (Wildman–Crippen LogP) is 2.82.